The van der Waals surface area contributed by atoms with Crippen LogP contribution in [0.3, 0.4) is 0 Å². The number of hydrogen-bond donors (Lipinski definition) is 2. The molecule has 0 aliphatic rings. The SMILES string of the molecule is Fc1ccc(-c2ccc(F)cc2)cc1.O=C(O)C(O)CBr. The average molecular weight is 359 g/mol. The molecule has 0 fully saturated rings. The number of hydrogen-bond acceptors (Lipinski definition) is 2. The summed E-state index contributed by atoms with van der Waals surface area (Å²) in [5.41, 5.74) is 1.76. The molecule has 0 aliphatic carbocycles. The van der Waals surface area contributed by atoms with Crippen molar-refractivity contribution in [3.05, 3.63) is 60.2 Å². The fraction of sp³-hybridized carbons (Fsp3) is 0.133. The summed E-state index contributed by atoms with van der Waals surface area (Å²) in [5.74, 6) is -1.73. The van der Waals surface area contributed by atoms with Crippen LogP contribution in [0, 0.1) is 11.6 Å². The number of carbonyl (C=O) groups is 1. The zero-order valence-corrected chi connectivity index (χ0v) is 12.4. The second-order valence-corrected chi connectivity index (χ2v) is 4.67. The van der Waals surface area contributed by atoms with Crippen LogP contribution in [0.4, 0.5) is 8.78 Å². The van der Waals surface area contributed by atoms with Gasteiger partial charge < -0.3 is 10.2 Å². The highest BCUT2D eigenvalue weighted by atomic mass is 79.9. The average Bonchev–Trinajstić information content (AvgIpc) is 2.48. The number of aliphatic carboxylic acids is 1. The van der Waals surface area contributed by atoms with Gasteiger partial charge in [-0.1, -0.05) is 40.2 Å². The van der Waals surface area contributed by atoms with E-state index in [2.05, 4.69) is 15.9 Å². The summed E-state index contributed by atoms with van der Waals surface area (Å²) in [5, 5.41) is 16.3. The number of benzene rings is 2. The Morgan fingerprint density at radius 2 is 1.29 bits per heavy atom. The van der Waals surface area contributed by atoms with E-state index in [9.17, 15) is 13.6 Å². The van der Waals surface area contributed by atoms with Crippen LogP contribution in [-0.2, 0) is 4.79 Å². The Balaban J connectivity index is 0.000000270. The van der Waals surface area contributed by atoms with Crippen LogP contribution in [0.1, 0.15) is 0 Å². The number of aliphatic hydroxyl groups is 1. The van der Waals surface area contributed by atoms with Crippen molar-refractivity contribution in [1.29, 1.82) is 0 Å². The summed E-state index contributed by atoms with van der Waals surface area (Å²) in [6, 6.07) is 12.2. The highest BCUT2D eigenvalue weighted by molar-refractivity contribution is 9.09. The van der Waals surface area contributed by atoms with Crippen LogP contribution >= 0.6 is 15.9 Å². The molecular formula is C15H13BrF2O3. The Bertz CT molecular complexity index is 527. The van der Waals surface area contributed by atoms with Crippen molar-refractivity contribution in [1.82, 2.24) is 0 Å². The van der Waals surface area contributed by atoms with Gasteiger partial charge in [-0.25, -0.2) is 13.6 Å². The first-order chi connectivity index (χ1) is 9.93. The Labute approximate surface area is 129 Å². The van der Waals surface area contributed by atoms with Gasteiger partial charge in [0, 0.05) is 5.33 Å². The molecule has 2 rings (SSSR count). The largest absolute Gasteiger partial charge is 0.479 e. The van der Waals surface area contributed by atoms with E-state index in [1.165, 1.54) is 24.3 Å². The van der Waals surface area contributed by atoms with Crippen molar-refractivity contribution in [2.45, 2.75) is 6.10 Å². The molecular weight excluding hydrogens is 346 g/mol. The molecule has 0 heterocycles. The van der Waals surface area contributed by atoms with Crippen LogP contribution < -0.4 is 0 Å². The summed E-state index contributed by atoms with van der Waals surface area (Å²) in [4.78, 5) is 9.65. The normalized spacial score (nSPS) is 11.2. The maximum Gasteiger partial charge on any atom is 0.333 e. The van der Waals surface area contributed by atoms with Gasteiger partial charge in [0.05, 0.1) is 0 Å². The maximum absolute atomic E-state index is 12.6. The van der Waals surface area contributed by atoms with Crippen LogP contribution in [0.15, 0.2) is 48.5 Å². The molecule has 0 amide bonds. The minimum Gasteiger partial charge on any atom is -0.479 e. The van der Waals surface area contributed by atoms with Crippen molar-refractivity contribution >= 4 is 21.9 Å². The first kappa shape index (κ1) is 17.3. The molecule has 0 radical (unpaired) electrons. The number of halogens is 3. The van der Waals surface area contributed by atoms with Crippen LogP contribution in [-0.4, -0.2) is 27.6 Å². The van der Waals surface area contributed by atoms with Crippen molar-refractivity contribution in [3.63, 3.8) is 0 Å². The van der Waals surface area contributed by atoms with Crippen LogP contribution in [0.5, 0.6) is 0 Å². The van der Waals surface area contributed by atoms with Gasteiger partial charge in [-0.15, -0.1) is 0 Å². The van der Waals surface area contributed by atoms with Crippen molar-refractivity contribution < 1.29 is 23.8 Å². The van der Waals surface area contributed by atoms with Gasteiger partial charge in [0.1, 0.15) is 11.6 Å². The molecule has 2 N–H and O–H groups in total. The summed E-state index contributed by atoms with van der Waals surface area (Å²) in [6.45, 7) is 0. The monoisotopic (exact) mass is 358 g/mol. The van der Waals surface area contributed by atoms with E-state index in [0.717, 1.165) is 11.1 Å². The molecule has 0 saturated heterocycles. The minimum absolute atomic E-state index is 0.0856. The van der Waals surface area contributed by atoms with E-state index in [-0.39, 0.29) is 17.0 Å². The van der Waals surface area contributed by atoms with E-state index in [1.54, 1.807) is 24.3 Å². The molecule has 0 saturated carbocycles. The third-order valence-corrected chi connectivity index (χ3v) is 3.07. The summed E-state index contributed by atoms with van der Waals surface area (Å²) in [6.07, 6.45) is -1.26. The van der Waals surface area contributed by atoms with E-state index in [4.69, 9.17) is 10.2 Å². The minimum atomic E-state index is -1.26. The zero-order chi connectivity index (χ0) is 15.8. The molecule has 1 unspecified atom stereocenters. The molecule has 0 bridgehead atoms. The number of rotatable bonds is 3. The zero-order valence-electron chi connectivity index (χ0n) is 10.8. The van der Waals surface area contributed by atoms with Crippen LogP contribution in [0.25, 0.3) is 11.1 Å². The van der Waals surface area contributed by atoms with Crippen molar-refractivity contribution in [2.24, 2.45) is 0 Å². The Morgan fingerprint density at radius 1 is 0.952 bits per heavy atom. The lowest BCUT2D eigenvalue weighted by atomic mass is 10.1. The molecule has 2 aromatic carbocycles. The highest BCUT2D eigenvalue weighted by Gasteiger charge is 2.08. The summed E-state index contributed by atoms with van der Waals surface area (Å²) in [7, 11) is 0. The molecule has 6 heteroatoms. The number of alkyl halides is 1. The lowest BCUT2D eigenvalue weighted by Gasteiger charge is -2.00. The van der Waals surface area contributed by atoms with Gasteiger partial charge in [0.15, 0.2) is 6.10 Å². The van der Waals surface area contributed by atoms with E-state index >= 15 is 0 Å². The first-order valence-electron chi connectivity index (χ1n) is 5.92. The molecule has 0 aromatic heterocycles. The molecule has 112 valence electrons. The maximum atomic E-state index is 12.6. The topological polar surface area (TPSA) is 57.5 Å². The van der Waals surface area contributed by atoms with Crippen molar-refractivity contribution in [3.8, 4) is 11.1 Å². The van der Waals surface area contributed by atoms with Gasteiger partial charge in [0.2, 0.25) is 0 Å². The second kappa shape index (κ2) is 8.49. The second-order valence-electron chi connectivity index (χ2n) is 4.02. The summed E-state index contributed by atoms with van der Waals surface area (Å²) >= 11 is 2.78. The van der Waals surface area contributed by atoms with E-state index < -0.39 is 12.1 Å². The Morgan fingerprint density at radius 3 is 1.48 bits per heavy atom. The fourth-order valence-corrected chi connectivity index (χ4v) is 1.63. The van der Waals surface area contributed by atoms with E-state index in [0.29, 0.717) is 0 Å². The third-order valence-electron chi connectivity index (χ3n) is 2.45. The molecule has 2 aromatic rings. The standard InChI is InChI=1S/C12H8F2.C3H5BrO3/c13-11-5-1-9(2-6-11)10-3-7-12(14)8-4-10;4-1-2(5)3(6)7/h1-8H;2,5H,1H2,(H,6,7). The highest BCUT2D eigenvalue weighted by Crippen LogP contribution is 2.19. The van der Waals surface area contributed by atoms with Gasteiger partial charge >= 0.3 is 5.97 Å². The number of carboxylic acid groups (broad SMARTS) is 1. The Hall–Kier alpha value is -1.79. The van der Waals surface area contributed by atoms with Crippen LogP contribution in [0.2, 0.25) is 0 Å². The lowest BCUT2D eigenvalue weighted by Crippen LogP contribution is -2.20. The van der Waals surface area contributed by atoms with Crippen molar-refractivity contribution in [2.75, 3.05) is 5.33 Å². The summed E-state index contributed by atoms with van der Waals surface area (Å²) < 4.78 is 25.2. The number of aliphatic hydroxyl groups excluding tert-OH is 1. The van der Waals surface area contributed by atoms with Gasteiger partial charge in [-0.3, -0.25) is 0 Å². The van der Waals surface area contributed by atoms with Gasteiger partial charge in [-0.05, 0) is 35.4 Å². The quantitative estimate of drug-likeness (QED) is 0.826. The van der Waals surface area contributed by atoms with Gasteiger partial charge in [0.25, 0.3) is 0 Å². The number of carboxylic acids is 1. The fourth-order valence-electron chi connectivity index (χ4n) is 1.35. The molecule has 0 spiro atoms. The lowest BCUT2D eigenvalue weighted by molar-refractivity contribution is -0.145. The van der Waals surface area contributed by atoms with Gasteiger partial charge in [-0.2, -0.15) is 0 Å². The first-order valence-corrected chi connectivity index (χ1v) is 7.04. The smallest absolute Gasteiger partial charge is 0.333 e. The molecule has 21 heavy (non-hydrogen) atoms. The Kier molecular flexibility index (Phi) is 6.98. The molecule has 0 aliphatic heterocycles. The predicted octanol–water partition coefficient (Wildman–Crippen LogP) is 3.46. The van der Waals surface area contributed by atoms with E-state index in [1.807, 2.05) is 0 Å². The molecule has 3 nitrogen and oxygen atoms in total. The predicted molar refractivity (Wildman–Crippen MR) is 79.2 cm³/mol. The third kappa shape index (κ3) is 6.01. The molecule has 1 atom stereocenters.